The van der Waals surface area contributed by atoms with E-state index in [2.05, 4.69) is 5.32 Å². The first kappa shape index (κ1) is 21.2. The second-order valence-electron chi connectivity index (χ2n) is 5.64. The second-order valence-corrected chi connectivity index (χ2v) is 7.58. The van der Waals surface area contributed by atoms with Crippen molar-refractivity contribution in [3.63, 3.8) is 0 Å². The molecule has 2 rings (SSSR count). The van der Waals surface area contributed by atoms with Crippen molar-refractivity contribution in [1.29, 1.82) is 0 Å². The summed E-state index contributed by atoms with van der Waals surface area (Å²) >= 11 is 0. The summed E-state index contributed by atoms with van der Waals surface area (Å²) in [7, 11) is -4.16. The summed E-state index contributed by atoms with van der Waals surface area (Å²) in [4.78, 5) is 21.7. The molecule has 0 fully saturated rings. The number of nitro benzene ring substituents is 1. The number of alkyl halides is 3. The third-order valence-corrected chi connectivity index (χ3v) is 5.27. The molecule has 2 aromatic rings. The molecule has 0 spiro atoms. The van der Waals surface area contributed by atoms with E-state index in [1.807, 2.05) is 0 Å². The SMILES string of the molecule is CC(=O)N(C)c1ccc(Nc2ccc(S(=O)(=O)C(F)(F)F)cc2[N+](=O)[O-])cc1. The van der Waals surface area contributed by atoms with Crippen molar-refractivity contribution < 1.29 is 31.3 Å². The topological polar surface area (TPSA) is 110 Å². The number of nitrogens with zero attached hydrogens (tertiary/aromatic N) is 2. The molecule has 12 heteroatoms. The van der Waals surface area contributed by atoms with Crippen LogP contribution in [-0.2, 0) is 14.6 Å². The summed E-state index contributed by atoms with van der Waals surface area (Å²) in [6.07, 6.45) is 0. The lowest BCUT2D eigenvalue weighted by atomic mass is 10.2. The highest BCUT2D eigenvalue weighted by Crippen LogP contribution is 2.35. The normalized spacial score (nSPS) is 11.8. The first-order chi connectivity index (χ1) is 12.8. The summed E-state index contributed by atoms with van der Waals surface area (Å²) in [6.45, 7) is 1.37. The molecular formula is C16H14F3N3O5S. The van der Waals surface area contributed by atoms with Crippen LogP contribution in [0, 0.1) is 10.1 Å². The zero-order chi connectivity index (χ0) is 21.3. The van der Waals surface area contributed by atoms with Gasteiger partial charge in [0.2, 0.25) is 5.91 Å². The van der Waals surface area contributed by atoms with Crippen LogP contribution in [0.25, 0.3) is 0 Å². The smallest absolute Gasteiger partial charge is 0.350 e. The van der Waals surface area contributed by atoms with Gasteiger partial charge in [0.25, 0.3) is 15.5 Å². The molecule has 0 aliphatic rings. The second kappa shape index (κ2) is 7.46. The maximum atomic E-state index is 12.7. The van der Waals surface area contributed by atoms with Crippen LogP contribution in [-0.4, -0.2) is 31.8 Å². The van der Waals surface area contributed by atoms with Gasteiger partial charge in [-0.1, -0.05) is 0 Å². The van der Waals surface area contributed by atoms with Crippen molar-refractivity contribution in [2.45, 2.75) is 17.3 Å². The Morgan fingerprint density at radius 3 is 2.18 bits per heavy atom. The zero-order valence-electron chi connectivity index (χ0n) is 14.5. The molecule has 1 N–H and O–H groups in total. The van der Waals surface area contributed by atoms with Crippen molar-refractivity contribution in [2.24, 2.45) is 0 Å². The molecular weight excluding hydrogens is 403 g/mol. The van der Waals surface area contributed by atoms with Crippen LogP contribution in [0.1, 0.15) is 6.92 Å². The molecule has 8 nitrogen and oxygen atoms in total. The van der Waals surface area contributed by atoms with Crippen LogP contribution >= 0.6 is 0 Å². The molecule has 0 aliphatic heterocycles. The Bertz CT molecular complexity index is 1020. The molecule has 0 bridgehead atoms. The molecule has 0 radical (unpaired) electrons. The van der Waals surface area contributed by atoms with Gasteiger partial charge in [0, 0.05) is 31.4 Å². The Hall–Kier alpha value is -3.15. The third kappa shape index (κ3) is 4.22. The Balaban J connectivity index is 2.39. The van der Waals surface area contributed by atoms with Gasteiger partial charge in [0.15, 0.2) is 0 Å². The highest BCUT2D eigenvalue weighted by atomic mass is 32.2. The Labute approximate surface area is 157 Å². The number of nitro groups is 1. The summed E-state index contributed by atoms with van der Waals surface area (Å²) in [6, 6.07) is 7.97. The third-order valence-electron chi connectivity index (χ3n) is 3.79. The van der Waals surface area contributed by atoms with Crippen molar-refractivity contribution in [1.82, 2.24) is 0 Å². The van der Waals surface area contributed by atoms with E-state index in [1.165, 1.54) is 24.0 Å². The Morgan fingerprint density at radius 1 is 1.14 bits per heavy atom. The van der Waals surface area contributed by atoms with E-state index in [4.69, 9.17) is 0 Å². The van der Waals surface area contributed by atoms with E-state index in [1.54, 1.807) is 19.2 Å². The average Bonchev–Trinajstić information content (AvgIpc) is 2.60. The van der Waals surface area contributed by atoms with E-state index in [9.17, 15) is 36.5 Å². The number of carbonyl (C=O) groups is 1. The predicted molar refractivity (Wildman–Crippen MR) is 95.1 cm³/mol. The van der Waals surface area contributed by atoms with E-state index < -0.39 is 30.9 Å². The molecule has 0 aromatic heterocycles. The minimum Gasteiger partial charge on any atom is -0.350 e. The summed E-state index contributed by atoms with van der Waals surface area (Å²) in [5.74, 6) is -0.210. The van der Waals surface area contributed by atoms with Crippen LogP contribution in [0.15, 0.2) is 47.4 Å². The number of halogens is 3. The molecule has 28 heavy (non-hydrogen) atoms. The number of sulfone groups is 1. The number of hydrogen-bond acceptors (Lipinski definition) is 6. The first-order valence-corrected chi connectivity index (χ1v) is 9.04. The van der Waals surface area contributed by atoms with Crippen molar-refractivity contribution >= 4 is 38.5 Å². The van der Waals surface area contributed by atoms with Gasteiger partial charge in [-0.25, -0.2) is 8.42 Å². The standard InChI is InChI=1S/C16H14F3N3O5S/c1-10(23)21(2)12-5-3-11(4-6-12)20-14-8-7-13(9-15(14)22(24)25)28(26,27)16(17,18)19/h3-9,20H,1-2H3. The number of hydrogen-bond donors (Lipinski definition) is 1. The molecule has 2 aromatic carbocycles. The van der Waals surface area contributed by atoms with Gasteiger partial charge in [0.05, 0.1) is 9.82 Å². The summed E-state index contributed by atoms with van der Waals surface area (Å²) in [5, 5.41) is 13.8. The van der Waals surface area contributed by atoms with E-state index in [0.29, 0.717) is 23.5 Å². The minimum absolute atomic E-state index is 0.196. The van der Waals surface area contributed by atoms with Gasteiger partial charge in [0.1, 0.15) is 5.69 Å². The van der Waals surface area contributed by atoms with Gasteiger partial charge in [-0.3, -0.25) is 14.9 Å². The molecule has 150 valence electrons. The number of nitrogens with one attached hydrogen (secondary N) is 1. The molecule has 0 saturated carbocycles. The molecule has 0 aliphatic carbocycles. The van der Waals surface area contributed by atoms with Crippen molar-refractivity contribution in [2.75, 3.05) is 17.3 Å². The van der Waals surface area contributed by atoms with Crippen LogP contribution in [0.4, 0.5) is 35.9 Å². The highest BCUT2D eigenvalue weighted by molar-refractivity contribution is 7.92. The first-order valence-electron chi connectivity index (χ1n) is 7.56. The number of rotatable bonds is 5. The Morgan fingerprint density at radius 2 is 1.71 bits per heavy atom. The van der Waals surface area contributed by atoms with Crippen molar-refractivity contribution in [3.8, 4) is 0 Å². The largest absolute Gasteiger partial charge is 0.501 e. The van der Waals surface area contributed by atoms with Gasteiger partial charge in [-0.05, 0) is 36.4 Å². The fraction of sp³-hybridized carbons (Fsp3) is 0.188. The fourth-order valence-corrected chi connectivity index (χ4v) is 2.96. The number of carbonyl (C=O) groups excluding carboxylic acids is 1. The van der Waals surface area contributed by atoms with E-state index in [-0.39, 0.29) is 11.6 Å². The lowest BCUT2D eigenvalue weighted by Crippen LogP contribution is -2.23. The molecule has 1 amide bonds. The summed E-state index contributed by atoms with van der Waals surface area (Å²) in [5.41, 5.74) is -5.71. The van der Waals surface area contributed by atoms with Gasteiger partial charge in [-0.2, -0.15) is 13.2 Å². The van der Waals surface area contributed by atoms with Crippen LogP contribution < -0.4 is 10.2 Å². The van der Waals surface area contributed by atoms with Crippen molar-refractivity contribution in [3.05, 3.63) is 52.6 Å². The molecule has 0 saturated heterocycles. The molecule has 0 heterocycles. The molecule has 0 atom stereocenters. The highest BCUT2D eigenvalue weighted by Gasteiger charge is 2.47. The number of benzene rings is 2. The van der Waals surface area contributed by atoms with Crippen LogP contribution in [0.2, 0.25) is 0 Å². The van der Waals surface area contributed by atoms with Gasteiger partial charge >= 0.3 is 5.51 Å². The maximum Gasteiger partial charge on any atom is 0.501 e. The predicted octanol–water partition coefficient (Wildman–Crippen LogP) is 3.61. The van der Waals surface area contributed by atoms with Crippen LogP contribution in [0.5, 0.6) is 0 Å². The monoisotopic (exact) mass is 417 g/mol. The van der Waals surface area contributed by atoms with Gasteiger partial charge < -0.3 is 10.2 Å². The quantitative estimate of drug-likeness (QED) is 0.588. The Kier molecular flexibility index (Phi) is 5.64. The minimum atomic E-state index is -5.72. The summed E-state index contributed by atoms with van der Waals surface area (Å²) < 4.78 is 60.9. The van der Waals surface area contributed by atoms with Gasteiger partial charge in [-0.15, -0.1) is 0 Å². The number of anilines is 3. The molecule has 0 unspecified atom stereocenters. The lowest BCUT2D eigenvalue weighted by Gasteiger charge is -2.16. The number of amides is 1. The maximum absolute atomic E-state index is 12.7. The fourth-order valence-electron chi connectivity index (χ4n) is 2.17. The zero-order valence-corrected chi connectivity index (χ0v) is 15.3. The van der Waals surface area contributed by atoms with Crippen LogP contribution in [0.3, 0.4) is 0 Å². The van der Waals surface area contributed by atoms with E-state index in [0.717, 1.165) is 6.07 Å². The van der Waals surface area contributed by atoms with E-state index >= 15 is 0 Å². The lowest BCUT2D eigenvalue weighted by molar-refractivity contribution is -0.384. The average molecular weight is 417 g/mol.